The molecular weight excluding hydrogens is 142 g/mol. The molecule has 0 aromatic carbocycles. The molecule has 10 heavy (non-hydrogen) atoms. The monoisotopic (exact) mass is 159 g/mol. The average Bonchev–Trinajstić information content (AvgIpc) is 1.85. The first kappa shape index (κ1) is 8.41. The van der Waals surface area contributed by atoms with E-state index in [9.17, 15) is 0 Å². The van der Waals surface area contributed by atoms with Crippen molar-refractivity contribution >= 4 is 11.8 Å². The topological polar surface area (TPSA) is 12.0 Å². The van der Waals surface area contributed by atoms with Crippen LogP contribution in [-0.2, 0) is 0 Å². The van der Waals surface area contributed by atoms with Gasteiger partial charge in [-0.05, 0) is 32.4 Å². The highest BCUT2D eigenvalue weighted by atomic mass is 32.2. The van der Waals surface area contributed by atoms with Crippen molar-refractivity contribution in [3.05, 3.63) is 0 Å². The Bertz CT molecular complexity index is 99.4. The number of nitrogens with one attached hydrogen (secondary N) is 1. The highest BCUT2D eigenvalue weighted by Crippen LogP contribution is 2.30. The van der Waals surface area contributed by atoms with Crippen molar-refractivity contribution in [2.24, 2.45) is 0 Å². The van der Waals surface area contributed by atoms with E-state index in [2.05, 4.69) is 18.5 Å². The van der Waals surface area contributed by atoms with Crippen LogP contribution in [0.2, 0.25) is 0 Å². The first-order chi connectivity index (χ1) is 4.77. The van der Waals surface area contributed by atoms with Crippen LogP contribution in [0.15, 0.2) is 0 Å². The summed E-state index contributed by atoms with van der Waals surface area (Å²) in [6.45, 7) is 3.51. The van der Waals surface area contributed by atoms with Gasteiger partial charge in [-0.1, -0.05) is 0 Å². The minimum absolute atomic E-state index is 0.510. The predicted octanol–water partition coefficient (Wildman–Crippen LogP) is 1.88. The van der Waals surface area contributed by atoms with Crippen LogP contribution in [0.4, 0.5) is 0 Å². The molecule has 1 nitrogen and oxygen atoms in total. The molecule has 60 valence electrons. The van der Waals surface area contributed by atoms with Crippen molar-refractivity contribution in [2.45, 2.75) is 31.7 Å². The van der Waals surface area contributed by atoms with E-state index in [1.54, 1.807) is 0 Å². The van der Waals surface area contributed by atoms with Gasteiger partial charge < -0.3 is 5.32 Å². The normalized spacial score (nSPS) is 22.2. The largest absolute Gasteiger partial charge is 0.311 e. The fraction of sp³-hybridized carbons (Fsp3) is 1.00. The van der Waals surface area contributed by atoms with Crippen LogP contribution in [-0.4, -0.2) is 24.1 Å². The molecule has 1 N–H and O–H groups in total. The lowest BCUT2D eigenvalue weighted by Crippen LogP contribution is -2.48. The maximum absolute atomic E-state index is 3.58. The predicted molar refractivity (Wildman–Crippen MR) is 48.6 cm³/mol. The summed E-state index contributed by atoms with van der Waals surface area (Å²) in [5.41, 5.74) is 0.510. The zero-order valence-electron chi connectivity index (χ0n) is 6.94. The van der Waals surface area contributed by atoms with E-state index in [-0.39, 0.29) is 0 Å². The Labute approximate surface area is 68.0 Å². The maximum Gasteiger partial charge on any atom is 0.0153 e. The van der Waals surface area contributed by atoms with Crippen molar-refractivity contribution < 1.29 is 0 Å². The second kappa shape index (κ2) is 3.63. The third-order valence-corrected chi connectivity index (χ3v) is 2.93. The highest BCUT2D eigenvalue weighted by molar-refractivity contribution is 7.98. The van der Waals surface area contributed by atoms with Gasteiger partial charge in [-0.25, -0.2) is 0 Å². The molecule has 0 aliphatic heterocycles. The van der Waals surface area contributed by atoms with Gasteiger partial charge in [0.2, 0.25) is 0 Å². The molecular formula is C8H17NS. The van der Waals surface area contributed by atoms with E-state index in [1.165, 1.54) is 31.6 Å². The summed E-state index contributed by atoms with van der Waals surface area (Å²) in [6, 6.07) is 0. The molecule has 0 atom stereocenters. The van der Waals surface area contributed by atoms with Crippen LogP contribution < -0.4 is 5.32 Å². The molecule has 0 aromatic heterocycles. The summed E-state index contributed by atoms with van der Waals surface area (Å²) < 4.78 is 0. The molecule has 0 amide bonds. The Kier molecular flexibility index (Phi) is 3.05. The van der Waals surface area contributed by atoms with Gasteiger partial charge in [-0.15, -0.1) is 0 Å². The fourth-order valence-electron chi connectivity index (χ4n) is 1.34. The molecule has 1 aliphatic rings. The highest BCUT2D eigenvalue weighted by Gasteiger charge is 2.30. The third kappa shape index (κ3) is 2.17. The summed E-state index contributed by atoms with van der Waals surface area (Å²) in [5.74, 6) is 1.25. The zero-order valence-corrected chi connectivity index (χ0v) is 7.76. The quantitative estimate of drug-likeness (QED) is 0.629. The van der Waals surface area contributed by atoms with E-state index in [0.29, 0.717) is 5.54 Å². The minimum atomic E-state index is 0.510. The summed E-state index contributed by atoms with van der Waals surface area (Å²) in [4.78, 5) is 0. The zero-order chi connectivity index (χ0) is 7.45. The van der Waals surface area contributed by atoms with E-state index >= 15 is 0 Å². The smallest absolute Gasteiger partial charge is 0.0153 e. The molecule has 0 radical (unpaired) electrons. The molecule has 1 saturated carbocycles. The lowest BCUT2D eigenvalue weighted by molar-refractivity contribution is 0.214. The van der Waals surface area contributed by atoms with Crippen molar-refractivity contribution in [3.8, 4) is 0 Å². The molecule has 0 unspecified atom stereocenters. The van der Waals surface area contributed by atoms with Gasteiger partial charge in [-0.2, -0.15) is 11.8 Å². The second-order valence-electron chi connectivity index (χ2n) is 3.33. The molecule has 1 fully saturated rings. The van der Waals surface area contributed by atoms with Gasteiger partial charge in [0.15, 0.2) is 0 Å². The third-order valence-electron chi connectivity index (χ3n) is 2.32. The Morgan fingerprint density at radius 3 is 2.60 bits per heavy atom. The maximum atomic E-state index is 3.58. The van der Waals surface area contributed by atoms with Crippen molar-refractivity contribution in [1.82, 2.24) is 5.32 Å². The summed E-state index contributed by atoms with van der Waals surface area (Å²) in [5, 5.41) is 3.58. The summed E-state index contributed by atoms with van der Waals surface area (Å²) >= 11 is 1.91. The molecule has 0 bridgehead atoms. The average molecular weight is 159 g/mol. The molecule has 2 heteroatoms. The Balaban J connectivity index is 2.01. The lowest BCUT2D eigenvalue weighted by atomic mass is 9.79. The van der Waals surface area contributed by atoms with E-state index in [4.69, 9.17) is 0 Å². The summed E-state index contributed by atoms with van der Waals surface area (Å²) in [6.07, 6.45) is 6.33. The fourth-order valence-corrected chi connectivity index (χ4v) is 1.64. The number of rotatable bonds is 4. The molecule has 0 aromatic rings. The Hall–Kier alpha value is 0.310. The van der Waals surface area contributed by atoms with Crippen LogP contribution in [0, 0.1) is 0 Å². The van der Waals surface area contributed by atoms with Crippen LogP contribution in [0.5, 0.6) is 0 Å². The number of hydrogen-bond donors (Lipinski definition) is 1. The molecule has 0 heterocycles. The number of hydrogen-bond acceptors (Lipinski definition) is 2. The second-order valence-corrected chi connectivity index (χ2v) is 4.32. The lowest BCUT2D eigenvalue weighted by Gasteiger charge is -2.39. The Morgan fingerprint density at radius 2 is 2.20 bits per heavy atom. The van der Waals surface area contributed by atoms with Crippen LogP contribution in [0.3, 0.4) is 0 Å². The van der Waals surface area contributed by atoms with E-state index < -0.39 is 0 Å². The van der Waals surface area contributed by atoms with Gasteiger partial charge in [0.1, 0.15) is 0 Å². The first-order valence-corrected chi connectivity index (χ1v) is 5.40. The van der Waals surface area contributed by atoms with Crippen molar-refractivity contribution in [2.75, 3.05) is 18.6 Å². The van der Waals surface area contributed by atoms with E-state index in [1.807, 2.05) is 11.8 Å². The first-order valence-electron chi connectivity index (χ1n) is 4.01. The van der Waals surface area contributed by atoms with Gasteiger partial charge in [0.25, 0.3) is 0 Å². The van der Waals surface area contributed by atoms with Gasteiger partial charge in [0.05, 0.1) is 0 Å². The number of thioether (sulfide) groups is 1. The molecule has 0 saturated heterocycles. The Morgan fingerprint density at radius 1 is 1.50 bits per heavy atom. The van der Waals surface area contributed by atoms with Crippen LogP contribution in [0.25, 0.3) is 0 Å². The minimum Gasteiger partial charge on any atom is -0.311 e. The summed E-state index contributed by atoms with van der Waals surface area (Å²) in [7, 11) is 0. The van der Waals surface area contributed by atoms with Gasteiger partial charge in [-0.3, -0.25) is 0 Å². The van der Waals surface area contributed by atoms with Gasteiger partial charge in [0, 0.05) is 17.8 Å². The van der Waals surface area contributed by atoms with Crippen LogP contribution >= 0.6 is 11.8 Å². The van der Waals surface area contributed by atoms with Gasteiger partial charge >= 0.3 is 0 Å². The van der Waals surface area contributed by atoms with Crippen molar-refractivity contribution in [1.29, 1.82) is 0 Å². The van der Waals surface area contributed by atoms with Crippen molar-refractivity contribution in [3.63, 3.8) is 0 Å². The standard InChI is InChI=1S/C8H17NS/c1-8(4-3-5-8)9-6-7-10-2/h9H,3-7H2,1-2H3. The SMILES string of the molecule is CSCCNC1(C)CCC1. The molecule has 1 aliphatic carbocycles. The van der Waals surface area contributed by atoms with Crippen LogP contribution in [0.1, 0.15) is 26.2 Å². The molecule has 1 rings (SSSR count). The molecule has 0 spiro atoms. The van der Waals surface area contributed by atoms with E-state index in [0.717, 1.165) is 0 Å².